The highest BCUT2D eigenvalue weighted by Gasteiger charge is 2.06. The van der Waals surface area contributed by atoms with Crippen molar-refractivity contribution in [3.63, 3.8) is 0 Å². The van der Waals surface area contributed by atoms with Crippen LogP contribution in [0, 0.1) is 0 Å². The molecule has 0 radical (unpaired) electrons. The molecule has 2 aromatic heterocycles. The number of hydrogen-bond acceptors (Lipinski definition) is 5. The first-order valence-electron chi connectivity index (χ1n) is 6.30. The molecule has 0 atom stereocenters. The minimum atomic E-state index is 0.287. The summed E-state index contributed by atoms with van der Waals surface area (Å²) in [5.74, 6) is 0.843. The van der Waals surface area contributed by atoms with Crippen molar-refractivity contribution in [2.75, 3.05) is 18.5 Å². The van der Waals surface area contributed by atoms with Crippen LogP contribution in [0.1, 0.15) is 25.7 Å². The molecule has 0 bridgehead atoms. The summed E-state index contributed by atoms with van der Waals surface area (Å²) in [6, 6.07) is 0. The maximum absolute atomic E-state index is 8.68. The van der Waals surface area contributed by atoms with Gasteiger partial charge in [-0.1, -0.05) is 12.8 Å². The zero-order chi connectivity index (χ0) is 12.8. The molecule has 98 valence electrons. The average Bonchev–Trinajstić information content (AvgIpc) is 2.77. The SMILES string of the molecule is Cn1ncc2c(NCCCCCCO)ncnc21. The summed E-state index contributed by atoms with van der Waals surface area (Å²) in [7, 11) is 1.87. The Morgan fingerprint density at radius 3 is 2.89 bits per heavy atom. The van der Waals surface area contributed by atoms with Gasteiger partial charge in [-0.2, -0.15) is 5.10 Å². The third-order valence-electron chi connectivity index (χ3n) is 2.91. The Kier molecular flexibility index (Phi) is 4.46. The molecule has 6 heteroatoms. The number of hydrogen-bond donors (Lipinski definition) is 2. The van der Waals surface area contributed by atoms with E-state index in [4.69, 9.17) is 5.11 Å². The second-order valence-corrected chi connectivity index (χ2v) is 4.29. The number of aromatic nitrogens is 4. The fourth-order valence-corrected chi connectivity index (χ4v) is 1.90. The number of anilines is 1. The van der Waals surface area contributed by atoms with E-state index in [2.05, 4.69) is 20.4 Å². The lowest BCUT2D eigenvalue weighted by molar-refractivity contribution is 0.283. The summed E-state index contributed by atoms with van der Waals surface area (Å²) in [6.07, 6.45) is 7.49. The molecule has 0 aliphatic carbocycles. The van der Waals surface area contributed by atoms with Gasteiger partial charge in [0.25, 0.3) is 0 Å². The van der Waals surface area contributed by atoms with Crippen LogP contribution in [0.5, 0.6) is 0 Å². The van der Waals surface area contributed by atoms with Gasteiger partial charge in [0.05, 0.1) is 11.6 Å². The Bertz CT molecular complexity index is 496. The van der Waals surface area contributed by atoms with Gasteiger partial charge in [0.15, 0.2) is 5.65 Å². The first kappa shape index (κ1) is 12.8. The van der Waals surface area contributed by atoms with Crippen molar-refractivity contribution in [3.8, 4) is 0 Å². The first-order chi connectivity index (χ1) is 8.83. The number of aliphatic hydroxyl groups excluding tert-OH is 1. The molecule has 0 aliphatic heterocycles. The number of nitrogens with zero attached hydrogens (tertiary/aromatic N) is 4. The van der Waals surface area contributed by atoms with Crippen LogP contribution < -0.4 is 5.32 Å². The molecule has 2 aromatic rings. The van der Waals surface area contributed by atoms with E-state index in [1.54, 1.807) is 17.2 Å². The summed E-state index contributed by atoms with van der Waals surface area (Å²) in [5, 5.41) is 17.1. The van der Waals surface area contributed by atoms with Crippen LogP contribution in [-0.4, -0.2) is 38.0 Å². The van der Waals surface area contributed by atoms with Gasteiger partial charge in [-0.15, -0.1) is 0 Å². The van der Waals surface area contributed by atoms with Crippen LogP contribution in [0.15, 0.2) is 12.5 Å². The van der Waals surface area contributed by atoms with E-state index in [1.807, 2.05) is 7.05 Å². The molecule has 2 rings (SSSR count). The minimum Gasteiger partial charge on any atom is -0.396 e. The van der Waals surface area contributed by atoms with Gasteiger partial charge in [-0.25, -0.2) is 9.97 Å². The molecule has 6 nitrogen and oxygen atoms in total. The summed E-state index contributed by atoms with van der Waals surface area (Å²) in [5.41, 5.74) is 0.841. The summed E-state index contributed by atoms with van der Waals surface area (Å²) >= 11 is 0. The smallest absolute Gasteiger partial charge is 0.163 e. The van der Waals surface area contributed by atoms with Gasteiger partial charge >= 0.3 is 0 Å². The van der Waals surface area contributed by atoms with Crippen molar-refractivity contribution in [1.82, 2.24) is 19.7 Å². The quantitative estimate of drug-likeness (QED) is 0.724. The van der Waals surface area contributed by atoms with Crippen molar-refractivity contribution in [2.24, 2.45) is 7.05 Å². The summed E-state index contributed by atoms with van der Waals surface area (Å²) in [4.78, 5) is 8.43. The number of aryl methyl sites for hydroxylation is 1. The molecule has 0 saturated heterocycles. The Labute approximate surface area is 106 Å². The highest BCUT2D eigenvalue weighted by atomic mass is 16.2. The molecule has 0 spiro atoms. The number of fused-ring (bicyclic) bond motifs is 1. The van der Waals surface area contributed by atoms with Crippen LogP contribution in [-0.2, 0) is 7.05 Å². The lowest BCUT2D eigenvalue weighted by atomic mass is 10.2. The molecule has 0 amide bonds. The molecule has 18 heavy (non-hydrogen) atoms. The van der Waals surface area contributed by atoms with Crippen molar-refractivity contribution in [2.45, 2.75) is 25.7 Å². The molecule has 2 N–H and O–H groups in total. The Balaban J connectivity index is 1.88. The van der Waals surface area contributed by atoms with Gasteiger partial charge in [0.2, 0.25) is 0 Å². The third-order valence-corrected chi connectivity index (χ3v) is 2.91. The van der Waals surface area contributed by atoms with Gasteiger partial charge in [-0.05, 0) is 12.8 Å². The van der Waals surface area contributed by atoms with Crippen LogP contribution in [0.2, 0.25) is 0 Å². The molecular weight excluding hydrogens is 230 g/mol. The Morgan fingerprint density at radius 2 is 2.06 bits per heavy atom. The van der Waals surface area contributed by atoms with Crippen LogP contribution in [0.4, 0.5) is 5.82 Å². The van der Waals surface area contributed by atoms with Crippen molar-refractivity contribution in [1.29, 1.82) is 0 Å². The standard InChI is InChI=1S/C12H19N5O/c1-17-12-10(8-16-17)11(14-9-15-12)13-6-4-2-3-5-7-18/h8-9,18H,2-7H2,1H3,(H,13,14,15). The zero-order valence-electron chi connectivity index (χ0n) is 10.6. The molecular formula is C12H19N5O. The maximum atomic E-state index is 8.68. The summed E-state index contributed by atoms with van der Waals surface area (Å²) in [6.45, 7) is 1.17. The summed E-state index contributed by atoms with van der Waals surface area (Å²) < 4.78 is 1.74. The van der Waals surface area contributed by atoms with E-state index in [-0.39, 0.29) is 6.61 Å². The fraction of sp³-hybridized carbons (Fsp3) is 0.583. The highest BCUT2D eigenvalue weighted by Crippen LogP contribution is 2.17. The maximum Gasteiger partial charge on any atom is 0.163 e. The van der Waals surface area contributed by atoms with Crippen LogP contribution >= 0.6 is 0 Å². The molecule has 0 saturated carbocycles. The lowest BCUT2D eigenvalue weighted by Crippen LogP contribution is -2.04. The van der Waals surface area contributed by atoms with Gasteiger partial charge < -0.3 is 10.4 Å². The number of nitrogens with one attached hydrogen (secondary N) is 1. The number of rotatable bonds is 7. The van der Waals surface area contributed by atoms with Gasteiger partial charge in [-0.3, -0.25) is 4.68 Å². The fourth-order valence-electron chi connectivity index (χ4n) is 1.90. The second kappa shape index (κ2) is 6.30. The predicted molar refractivity (Wildman–Crippen MR) is 70.3 cm³/mol. The molecule has 0 aromatic carbocycles. The molecule has 0 fully saturated rings. The van der Waals surface area contributed by atoms with Gasteiger partial charge in [0, 0.05) is 20.2 Å². The van der Waals surface area contributed by atoms with E-state index in [0.717, 1.165) is 49.1 Å². The zero-order valence-corrected chi connectivity index (χ0v) is 10.6. The monoisotopic (exact) mass is 249 g/mol. The predicted octanol–water partition coefficient (Wildman–Crippen LogP) is 1.33. The Morgan fingerprint density at radius 1 is 1.22 bits per heavy atom. The topological polar surface area (TPSA) is 75.9 Å². The number of unbranched alkanes of at least 4 members (excludes halogenated alkanes) is 3. The Hall–Kier alpha value is -1.69. The van der Waals surface area contributed by atoms with Crippen LogP contribution in [0.3, 0.4) is 0 Å². The van der Waals surface area contributed by atoms with E-state index >= 15 is 0 Å². The normalized spacial score (nSPS) is 11.0. The van der Waals surface area contributed by atoms with E-state index in [9.17, 15) is 0 Å². The average molecular weight is 249 g/mol. The second-order valence-electron chi connectivity index (χ2n) is 4.29. The van der Waals surface area contributed by atoms with Crippen LogP contribution in [0.25, 0.3) is 11.0 Å². The van der Waals surface area contributed by atoms with E-state index < -0.39 is 0 Å². The van der Waals surface area contributed by atoms with Gasteiger partial charge in [0.1, 0.15) is 12.1 Å². The molecule has 0 unspecified atom stereocenters. The third kappa shape index (κ3) is 2.95. The minimum absolute atomic E-state index is 0.287. The van der Waals surface area contributed by atoms with Crippen molar-refractivity contribution < 1.29 is 5.11 Å². The lowest BCUT2D eigenvalue weighted by Gasteiger charge is -2.05. The number of aliphatic hydroxyl groups is 1. The van der Waals surface area contributed by atoms with Crippen molar-refractivity contribution >= 4 is 16.9 Å². The largest absolute Gasteiger partial charge is 0.396 e. The highest BCUT2D eigenvalue weighted by molar-refractivity contribution is 5.85. The van der Waals surface area contributed by atoms with E-state index in [1.165, 1.54) is 0 Å². The molecule has 2 heterocycles. The first-order valence-corrected chi connectivity index (χ1v) is 6.30. The van der Waals surface area contributed by atoms with Crippen molar-refractivity contribution in [3.05, 3.63) is 12.5 Å². The molecule has 0 aliphatic rings. The van der Waals surface area contributed by atoms with E-state index in [0.29, 0.717) is 0 Å².